The van der Waals surface area contributed by atoms with Crippen molar-refractivity contribution in [1.29, 1.82) is 0 Å². The molecule has 140 valence electrons. The third-order valence-electron chi connectivity index (χ3n) is 4.31. The quantitative estimate of drug-likeness (QED) is 0.335. The average molecular weight is 419 g/mol. The van der Waals surface area contributed by atoms with Crippen LogP contribution in [0.5, 0.6) is 5.75 Å². The van der Waals surface area contributed by atoms with E-state index in [9.17, 15) is 0 Å². The number of rotatable bonds is 6. The van der Waals surface area contributed by atoms with E-state index in [4.69, 9.17) is 16.3 Å². The molecule has 0 radical (unpaired) electrons. The van der Waals surface area contributed by atoms with Crippen molar-refractivity contribution in [1.82, 2.24) is 9.97 Å². The van der Waals surface area contributed by atoms with Gasteiger partial charge < -0.3 is 9.72 Å². The van der Waals surface area contributed by atoms with Gasteiger partial charge in [-0.25, -0.2) is 4.98 Å². The summed E-state index contributed by atoms with van der Waals surface area (Å²) in [6, 6.07) is 14.7. The molecule has 0 atom stereocenters. The van der Waals surface area contributed by atoms with Crippen LogP contribution in [0.1, 0.15) is 19.8 Å². The van der Waals surface area contributed by atoms with Crippen LogP contribution < -0.4 is 4.74 Å². The van der Waals surface area contributed by atoms with Gasteiger partial charge in [0.1, 0.15) is 11.6 Å². The molecule has 3 nitrogen and oxygen atoms in total. The normalized spacial score (nSPS) is 10.7. The number of hydrogen-bond acceptors (Lipinski definition) is 3. The summed E-state index contributed by atoms with van der Waals surface area (Å²) in [5, 5.41) is 2.31. The minimum absolute atomic E-state index is 0. The molecule has 0 aliphatic rings. The van der Waals surface area contributed by atoms with Crippen molar-refractivity contribution in [3.05, 3.63) is 59.2 Å². The Morgan fingerprint density at radius 1 is 1.11 bits per heavy atom. The molecule has 0 amide bonds. The lowest BCUT2D eigenvalue weighted by Crippen LogP contribution is -1.99. The molecule has 0 unspecified atom stereocenters. The van der Waals surface area contributed by atoms with E-state index in [1.54, 1.807) is 17.5 Å². The predicted molar refractivity (Wildman–Crippen MR) is 118 cm³/mol. The Morgan fingerprint density at radius 2 is 2.00 bits per heavy atom. The van der Waals surface area contributed by atoms with Crippen molar-refractivity contribution in [2.24, 2.45) is 0 Å². The third-order valence-corrected chi connectivity index (χ3v) is 5.59. The van der Waals surface area contributed by atoms with Crippen molar-refractivity contribution < 1.29 is 4.74 Å². The predicted octanol–water partition coefficient (Wildman–Crippen LogP) is 7.21. The number of nitrogens with one attached hydrogen (secondary N) is 1. The van der Waals surface area contributed by atoms with Crippen LogP contribution in [0.15, 0.2) is 54.9 Å². The van der Waals surface area contributed by atoms with Crippen molar-refractivity contribution in [3.63, 3.8) is 0 Å². The van der Waals surface area contributed by atoms with E-state index in [1.165, 1.54) is 10.4 Å². The largest absolute Gasteiger partial charge is 0.493 e. The van der Waals surface area contributed by atoms with E-state index >= 15 is 0 Å². The summed E-state index contributed by atoms with van der Waals surface area (Å²) in [7, 11) is 0. The highest BCUT2D eigenvalue weighted by molar-refractivity contribution is 7.19. The maximum atomic E-state index is 6.09. The molecule has 0 saturated carbocycles. The summed E-state index contributed by atoms with van der Waals surface area (Å²) in [6.07, 6.45) is 5.74. The van der Waals surface area contributed by atoms with Gasteiger partial charge >= 0.3 is 0 Å². The number of imidazole rings is 1. The standard InChI is InChI=1S/C21H19ClN2OS.ClH/c1-2-3-10-25-18-13-14-4-5-15(19-6-7-20(22)26-19)11-16(14)12-17(18)21-23-8-9-24-21;/h4-9,11-13H,2-3,10H2,1H3,(H,23,24);1H. The van der Waals surface area contributed by atoms with Gasteiger partial charge in [-0.3, -0.25) is 0 Å². The highest BCUT2D eigenvalue weighted by Crippen LogP contribution is 2.36. The second-order valence-electron chi connectivity index (χ2n) is 6.15. The molecule has 27 heavy (non-hydrogen) atoms. The zero-order chi connectivity index (χ0) is 17.9. The Bertz CT molecular complexity index is 1030. The van der Waals surface area contributed by atoms with Gasteiger partial charge in [0.2, 0.25) is 0 Å². The molecule has 0 saturated heterocycles. The summed E-state index contributed by atoms with van der Waals surface area (Å²) in [4.78, 5) is 8.77. The van der Waals surface area contributed by atoms with Crippen LogP contribution in [-0.2, 0) is 0 Å². The molecule has 0 aliphatic carbocycles. The fourth-order valence-electron chi connectivity index (χ4n) is 2.94. The molecule has 4 rings (SSSR count). The highest BCUT2D eigenvalue weighted by Gasteiger charge is 2.12. The minimum atomic E-state index is 0. The molecule has 2 heterocycles. The summed E-state index contributed by atoms with van der Waals surface area (Å²) < 4.78 is 6.85. The lowest BCUT2D eigenvalue weighted by molar-refractivity contribution is 0.311. The summed E-state index contributed by atoms with van der Waals surface area (Å²) in [6.45, 7) is 2.87. The van der Waals surface area contributed by atoms with Crippen molar-refractivity contribution in [2.75, 3.05) is 6.61 Å². The number of benzene rings is 2. The van der Waals surface area contributed by atoms with Crippen LogP contribution in [0.25, 0.3) is 32.6 Å². The molecule has 0 fully saturated rings. The maximum absolute atomic E-state index is 6.09. The highest BCUT2D eigenvalue weighted by atomic mass is 35.5. The van der Waals surface area contributed by atoms with Crippen LogP contribution in [0, 0.1) is 0 Å². The fourth-order valence-corrected chi connectivity index (χ4v) is 3.98. The Morgan fingerprint density at radius 3 is 2.70 bits per heavy atom. The number of unbranched alkanes of at least 4 members (excludes halogenated alkanes) is 1. The molecular formula is C21H20Cl2N2OS. The molecule has 2 aromatic carbocycles. The minimum Gasteiger partial charge on any atom is -0.493 e. The van der Waals surface area contributed by atoms with Gasteiger partial charge in [0.15, 0.2) is 0 Å². The first-order chi connectivity index (χ1) is 12.7. The van der Waals surface area contributed by atoms with Gasteiger partial charge in [-0.15, -0.1) is 23.7 Å². The zero-order valence-corrected chi connectivity index (χ0v) is 17.3. The number of fused-ring (bicyclic) bond motifs is 1. The number of thiophene rings is 1. The monoisotopic (exact) mass is 418 g/mol. The number of ether oxygens (including phenoxy) is 1. The number of aromatic nitrogens is 2. The second kappa shape index (κ2) is 8.79. The fraction of sp³-hybridized carbons (Fsp3) is 0.190. The molecule has 0 spiro atoms. The Balaban J connectivity index is 0.00000210. The second-order valence-corrected chi connectivity index (χ2v) is 7.87. The van der Waals surface area contributed by atoms with Crippen molar-refractivity contribution in [2.45, 2.75) is 19.8 Å². The van der Waals surface area contributed by atoms with E-state index in [-0.39, 0.29) is 12.4 Å². The molecule has 4 aromatic rings. The van der Waals surface area contributed by atoms with E-state index in [2.05, 4.69) is 53.3 Å². The molecular weight excluding hydrogens is 399 g/mol. The number of hydrogen-bond donors (Lipinski definition) is 1. The van der Waals surface area contributed by atoms with Crippen LogP contribution >= 0.6 is 35.3 Å². The van der Waals surface area contributed by atoms with Gasteiger partial charge in [-0.1, -0.05) is 37.1 Å². The van der Waals surface area contributed by atoms with E-state index in [1.807, 2.05) is 12.3 Å². The third kappa shape index (κ3) is 4.29. The first-order valence-electron chi connectivity index (χ1n) is 8.70. The van der Waals surface area contributed by atoms with Gasteiger partial charge in [-0.05, 0) is 53.1 Å². The van der Waals surface area contributed by atoms with Gasteiger partial charge in [0.25, 0.3) is 0 Å². The Kier molecular flexibility index (Phi) is 6.42. The topological polar surface area (TPSA) is 37.9 Å². The lowest BCUT2D eigenvalue weighted by Gasteiger charge is -2.12. The van der Waals surface area contributed by atoms with E-state index in [0.717, 1.165) is 45.1 Å². The average Bonchev–Trinajstić information content (AvgIpc) is 3.33. The van der Waals surface area contributed by atoms with Crippen LogP contribution in [-0.4, -0.2) is 16.6 Å². The summed E-state index contributed by atoms with van der Waals surface area (Å²) >= 11 is 7.68. The Hall–Kier alpha value is -2.01. The van der Waals surface area contributed by atoms with Gasteiger partial charge in [0, 0.05) is 17.3 Å². The van der Waals surface area contributed by atoms with Crippen LogP contribution in [0.3, 0.4) is 0 Å². The first kappa shape index (κ1) is 19.7. The lowest BCUT2D eigenvalue weighted by atomic mass is 10.0. The molecule has 2 aromatic heterocycles. The maximum Gasteiger partial charge on any atom is 0.141 e. The zero-order valence-electron chi connectivity index (χ0n) is 14.9. The molecule has 1 N–H and O–H groups in total. The number of nitrogens with zero attached hydrogens (tertiary/aromatic N) is 1. The Labute approximate surface area is 173 Å². The van der Waals surface area contributed by atoms with E-state index in [0.29, 0.717) is 6.61 Å². The molecule has 6 heteroatoms. The summed E-state index contributed by atoms with van der Waals surface area (Å²) in [5.74, 6) is 1.69. The molecule has 0 bridgehead atoms. The number of aromatic amines is 1. The molecule has 0 aliphatic heterocycles. The van der Waals surface area contributed by atoms with Crippen LogP contribution in [0.4, 0.5) is 0 Å². The van der Waals surface area contributed by atoms with Crippen molar-refractivity contribution >= 4 is 46.1 Å². The first-order valence-corrected chi connectivity index (χ1v) is 9.90. The number of H-pyrrole nitrogens is 1. The van der Waals surface area contributed by atoms with Crippen molar-refractivity contribution in [3.8, 4) is 27.6 Å². The van der Waals surface area contributed by atoms with Crippen LogP contribution in [0.2, 0.25) is 4.34 Å². The van der Waals surface area contributed by atoms with E-state index < -0.39 is 0 Å². The van der Waals surface area contributed by atoms with Gasteiger partial charge in [-0.2, -0.15) is 0 Å². The van der Waals surface area contributed by atoms with Gasteiger partial charge in [0.05, 0.1) is 16.5 Å². The summed E-state index contributed by atoms with van der Waals surface area (Å²) in [5.41, 5.74) is 2.15. The SMILES string of the molecule is CCCCOc1cc2ccc(-c3ccc(Cl)s3)cc2cc1-c1ncc[nH]1.Cl. The number of halogens is 2. The smallest absolute Gasteiger partial charge is 0.141 e.